The number of nitriles is 1. The van der Waals surface area contributed by atoms with Crippen LogP contribution in [0.3, 0.4) is 0 Å². The molecule has 1 fully saturated rings. The summed E-state index contributed by atoms with van der Waals surface area (Å²) >= 11 is 0. The summed E-state index contributed by atoms with van der Waals surface area (Å²) in [5, 5.41) is 20.9. The fourth-order valence-corrected chi connectivity index (χ4v) is 2.86. The van der Waals surface area contributed by atoms with Crippen LogP contribution < -0.4 is 10.2 Å². The lowest BCUT2D eigenvalue weighted by molar-refractivity contribution is 0.102. The van der Waals surface area contributed by atoms with Gasteiger partial charge < -0.3 is 20.3 Å². The molecule has 124 valence electrons. The van der Waals surface area contributed by atoms with Crippen molar-refractivity contribution in [2.24, 2.45) is 5.92 Å². The molecule has 7 heteroatoms. The number of pyridine rings is 1. The predicted molar refractivity (Wildman–Crippen MR) is 89.7 cm³/mol. The van der Waals surface area contributed by atoms with Gasteiger partial charge in [0.05, 0.1) is 5.69 Å². The van der Waals surface area contributed by atoms with Gasteiger partial charge in [0, 0.05) is 25.9 Å². The van der Waals surface area contributed by atoms with Crippen molar-refractivity contribution in [1.82, 2.24) is 9.97 Å². The number of nitrogens with zero attached hydrogens (tertiary/aromatic N) is 3. The van der Waals surface area contributed by atoms with Crippen LogP contribution in [0.2, 0.25) is 0 Å². The molecule has 1 aliphatic rings. The zero-order chi connectivity index (χ0) is 16.9. The minimum Gasteiger partial charge on any atom is -0.396 e. The molecule has 1 amide bonds. The summed E-state index contributed by atoms with van der Waals surface area (Å²) in [6.07, 6.45) is 3.51. The van der Waals surface area contributed by atoms with Crippen LogP contribution >= 0.6 is 0 Å². The van der Waals surface area contributed by atoms with Crippen molar-refractivity contribution in [3.63, 3.8) is 0 Å². The van der Waals surface area contributed by atoms with E-state index < -0.39 is 0 Å². The van der Waals surface area contributed by atoms with Crippen molar-refractivity contribution in [3.8, 4) is 6.07 Å². The third-order valence-electron chi connectivity index (χ3n) is 4.26. The Labute approximate surface area is 139 Å². The highest BCUT2D eigenvalue weighted by molar-refractivity contribution is 6.04. The van der Waals surface area contributed by atoms with Gasteiger partial charge in [0.1, 0.15) is 17.5 Å². The fourth-order valence-electron chi connectivity index (χ4n) is 2.86. The van der Waals surface area contributed by atoms with E-state index in [1.54, 1.807) is 24.4 Å². The highest BCUT2D eigenvalue weighted by Crippen LogP contribution is 2.27. The number of nitrogens with one attached hydrogen (secondary N) is 2. The lowest BCUT2D eigenvalue weighted by Gasteiger charge is -2.33. The molecular formula is C17H19N5O2. The number of aliphatic hydroxyl groups is 1. The minimum atomic E-state index is -0.309. The standard InChI is InChI=1S/C17H19N5O2/c18-10-13-3-4-15(20-13)17(24)21-14-2-1-7-19-16(14)22-8-5-12(11-23)6-9-22/h1-4,7,12,20,23H,5-6,8-9,11H2,(H,21,24). The van der Waals surface area contributed by atoms with E-state index in [9.17, 15) is 9.90 Å². The van der Waals surface area contributed by atoms with Crippen molar-refractivity contribution in [2.45, 2.75) is 12.8 Å². The SMILES string of the molecule is N#Cc1ccc(C(=O)Nc2cccnc2N2CCC(CO)CC2)[nH]1. The van der Waals surface area contributed by atoms with Crippen molar-refractivity contribution in [2.75, 3.05) is 29.9 Å². The molecule has 3 N–H and O–H groups in total. The van der Waals surface area contributed by atoms with Crippen LogP contribution in [0.25, 0.3) is 0 Å². The number of amides is 1. The van der Waals surface area contributed by atoms with Crippen molar-refractivity contribution >= 4 is 17.4 Å². The average molecular weight is 325 g/mol. The molecule has 3 heterocycles. The van der Waals surface area contributed by atoms with E-state index in [0.717, 1.165) is 31.7 Å². The molecule has 0 spiro atoms. The number of piperidine rings is 1. The molecule has 2 aromatic rings. The molecule has 0 saturated carbocycles. The van der Waals surface area contributed by atoms with Crippen LogP contribution in [-0.2, 0) is 0 Å². The Morgan fingerprint density at radius 1 is 1.42 bits per heavy atom. The molecule has 0 bridgehead atoms. The Morgan fingerprint density at radius 3 is 2.88 bits per heavy atom. The molecule has 0 radical (unpaired) electrons. The topological polar surface area (TPSA) is 105 Å². The zero-order valence-corrected chi connectivity index (χ0v) is 13.2. The van der Waals surface area contributed by atoms with E-state index in [2.05, 4.69) is 20.2 Å². The Morgan fingerprint density at radius 2 is 2.21 bits per heavy atom. The first kappa shape index (κ1) is 16.0. The van der Waals surface area contributed by atoms with Crippen molar-refractivity contribution < 1.29 is 9.90 Å². The number of carbonyl (C=O) groups excluding carboxylic acids is 1. The lowest BCUT2D eigenvalue weighted by atomic mass is 9.98. The summed E-state index contributed by atoms with van der Waals surface area (Å²) in [4.78, 5) is 21.6. The van der Waals surface area contributed by atoms with Gasteiger partial charge in [-0.1, -0.05) is 0 Å². The van der Waals surface area contributed by atoms with E-state index in [1.807, 2.05) is 12.1 Å². The summed E-state index contributed by atoms with van der Waals surface area (Å²) < 4.78 is 0. The van der Waals surface area contributed by atoms with Gasteiger partial charge in [0.15, 0.2) is 5.82 Å². The van der Waals surface area contributed by atoms with Crippen LogP contribution in [-0.4, -0.2) is 40.7 Å². The van der Waals surface area contributed by atoms with E-state index in [4.69, 9.17) is 5.26 Å². The van der Waals surface area contributed by atoms with Gasteiger partial charge in [-0.2, -0.15) is 5.26 Å². The molecular weight excluding hydrogens is 306 g/mol. The molecule has 7 nitrogen and oxygen atoms in total. The summed E-state index contributed by atoms with van der Waals surface area (Å²) in [5.41, 5.74) is 1.32. The second kappa shape index (κ2) is 7.15. The molecule has 0 aliphatic carbocycles. The molecule has 0 unspecified atom stereocenters. The maximum absolute atomic E-state index is 12.3. The van der Waals surface area contributed by atoms with Crippen LogP contribution in [0.15, 0.2) is 30.5 Å². The minimum absolute atomic E-state index is 0.216. The largest absolute Gasteiger partial charge is 0.396 e. The van der Waals surface area contributed by atoms with Crippen LogP contribution in [0.5, 0.6) is 0 Å². The van der Waals surface area contributed by atoms with Crippen molar-refractivity contribution in [1.29, 1.82) is 5.26 Å². The summed E-state index contributed by atoms with van der Waals surface area (Å²) in [5.74, 6) is 0.761. The number of carbonyl (C=O) groups is 1. The molecule has 2 aromatic heterocycles. The Balaban J connectivity index is 1.75. The number of rotatable bonds is 4. The van der Waals surface area contributed by atoms with E-state index >= 15 is 0 Å². The van der Waals surface area contributed by atoms with Gasteiger partial charge >= 0.3 is 0 Å². The highest BCUT2D eigenvalue weighted by Gasteiger charge is 2.22. The molecule has 1 saturated heterocycles. The van der Waals surface area contributed by atoms with Gasteiger partial charge in [0.25, 0.3) is 5.91 Å². The maximum atomic E-state index is 12.3. The summed E-state index contributed by atoms with van der Waals surface area (Å²) in [6, 6.07) is 8.70. The Bertz CT molecular complexity index is 756. The third kappa shape index (κ3) is 3.39. The van der Waals surface area contributed by atoms with Crippen LogP contribution in [0.4, 0.5) is 11.5 Å². The van der Waals surface area contributed by atoms with Gasteiger partial charge in [0.2, 0.25) is 0 Å². The monoisotopic (exact) mass is 325 g/mol. The van der Waals surface area contributed by atoms with Gasteiger partial charge in [-0.3, -0.25) is 4.79 Å². The molecule has 24 heavy (non-hydrogen) atoms. The second-order valence-corrected chi connectivity index (χ2v) is 5.84. The number of hydrogen-bond donors (Lipinski definition) is 3. The molecule has 0 aromatic carbocycles. The average Bonchev–Trinajstić information content (AvgIpc) is 3.12. The van der Waals surface area contributed by atoms with Gasteiger partial charge in [-0.05, 0) is 43.0 Å². The number of aromatic nitrogens is 2. The van der Waals surface area contributed by atoms with E-state index in [1.165, 1.54) is 0 Å². The highest BCUT2D eigenvalue weighted by atomic mass is 16.3. The fraction of sp³-hybridized carbons (Fsp3) is 0.353. The van der Waals surface area contributed by atoms with Gasteiger partial charge in [-0.15, -0.1) is 0 Å². The maximum Gasteiger partial charge on any atom is 0.272 e. The summed E-state index contributed by atoms with van der Waals surface area (Å²) in [6.45, 7) is 1.81. The van der Waals surface area contributed by atoms with Gasteiger partial charge in [-0.25, -0.2) is 4.98 Å². The third-order valence-corrected chi connectivity index (χ3v) is 4.26. The quantitative estimate of drug-likeness (QED) is 0.794. The molecule has 3 rings (SSSR count). The number of hydrogen-bond acceptors (Lipinski definition) is 5. The lowest BCUT2D eigenvalue weighted by Crippen LogP contribution is -2.35. The number of aliphatic hydroxyl groups excluding tert-OH is 1. The molecule has 0 atom stereocenters. The van der Waals surface area contributed by atoms with Crippen LogP contribution in [0, 0.1) is 17.2 Å². The van der Waals surface area contributed by atoms with Crippen LogP contribution in [0.1, 0.15) is 29.0 Å². The van der Waals surface area contributed by atoms with E-state index in [-0.39, 0.29) is 12.5 Å². The first-order chi connectivity index (χ1) is 11.7. The Kier molecular flexibility index (Phi) is 4.77. The molecule has 1 aliphatic heterocycles. The number of anilines is 2. The second-order valence-electron chi connectivity index (χ2n) is 5.84. The Hall–Kier alpha value is -2.85. The first-order valence-corrected chi connectivity index (χ1v) is 7.92. The normalized spacial score (nSPS) is 15.1. The smallest absolute Gasteiger partial charge is 0.272 e. The number of H-pyrrole nitrogens is 1. The van der Waals surface area contributed by atoms with Crippen molar-refractivity contribution in [3.05, 3.63) is 41.9 Å². The first-order valence-electron chi connectivity index (χ1n) is 7.92. The number of aromatic amines is 1. The zero-order valence-electron chi connectivity index (χ0n) is 13.2. The summed E-state index contributed by atoms with van der Waals surface area (Å²) in [7, 11) is 0. The van der Waals surface area contributed by atoms with E-state index in [0.29, 0.717) is 23.0 Å². The predicted octanol–water partition coefficient (Wildman–Crippen LogP) is 1.74.